The second-order valence-electron chi connectivity index (χ2n) is 7.79. The predicted octanol–water partition coefficient (Wildman–Crippen LogP) is 4.66. The molecule has 0 bridgehead atoms. The van der Waals surface area contributed by atoms with Crippen LogP contribution in [0, 0.1) is 6.92 Å². The summed E-state index contributed by atoms with van der Waals surface area (Å²) in [4.78, 5) is 18.9. The molecular formula is C24H28F2N4O2. The lowest BCUT2D eigenvalue weighted by molar-refractivity contribution is -0.126. The number of alkyl halides is 2. The maximum absolute atomic E-state index is 13.6. The van der Waals surface area contributed by atoms with Crippen molar-refractivity contribution in [2.75, 3.05) is 13.2 Å². The van der Waals surface area contributed by atoms with E-state index in [-0.39, 0.29) is 30.2 Å². The predicted molar refractivity (Wildman–Crippen MR) is 120 cm³/mol. The van der Waals surface area contributed by atoms with Gasteiger partial charge in [0.2, 0.25) is 0 Å². The third-order valence-corrected chi connectivity index (χ3v) is 5.32. The molecule has 1 aromatic carbocycles. The number of hydrogen-bond acceptors (Lipinski definition) is 4. The fourth-order valence-corrected chi connectivity index (χ4v) is 3.54. The SMILES string of the molecule is C=C(OCC(F)(F)CC)C1=C(N=CC)CN(Cc2ccc(-c3cn(C)nc3C)cc2)C1=O. The van der Waals surface area contributed by atoms with Crippen LogP contribution in [0.4, 0.5) is 8.78 Å². The summed E-state index contributed by atoms with van der Waals surface area (Å²) in [5.74, 6) is -3.39. The standard InChI is InChI=1S/C24H28F2N4O2/c1-6-24(25,26)15-32-17(4)22-21(27-7-2)14-30(23(22)31)12-18-8-10-19(11-9-18)20-13-29(5)28-16(20)3/h7-11,13H,4,6,12,14-15H2,1-3,5H3. The van der Waals surface area contributed by atoms with Crippen molar-refractivity contribution in [1.29, 1.82) is 0 Å². The molecule has 0 spiro atoms. The number of benzene rings is 1. The van der Waals surface area contributed by atoms with Crippen LogP contribution in [-0.2, 0) is 23.1 Å². The molecule has 0 aliphatic carbocycles. The highest BCUT2D eigenvalue weighted by Gasteiger charge is 2.34. The summed E-state index contributed by atoms with van der Waals surface area (Å²) in [6.07, 6.45) is 3.17. The molecule has 2 heterocycles. The van der Waals surface area contributed by atoms with E-state index in [9.17, 15) is 13.6 Å². The Hall–Kier alpha value is -3.29. The summed E-state index contributed by atoms with van der Waals surface area (Å²) in [7, 11) is 1.88. The summed E-state index contributed by atoms with van der Waals surface area (Å²) in [6.45, 7) is 8.57. The smallest absolute Gasteiger partial charge is 0.281 e. The van der Waals surface area contributed by atoms with Crippen molar-refractivity contribution < 1.29 is 18.3 Å². The van der Waals surface area contributed by atoms with E-state index in [1.165, 1.54) is 6.92 Å². The number of amides is 1. The summed E-state index contributed by atoms with van der Waals surface area (Å²) in [5, 5.41) is 4.37. The number of halogens is 2. The third kappa shape index (κ3) is 5.12. The molecule has 6 nitrogen and oxygen atoms in total. The lowest BCUT2D eigenvalue weighted by atomic mass is 10.0. The topological polar surface area (TPSA) is 59.7 Å². The molecule has 0 saturated carbocycles. The van der Waals surface area contributed by atoms with Gasteiger partial charge in [-0.15, -0.1) is 0 Å². The van der Waals surface area contributed by atoms with Crippen LogP contribution in [0.2, 0.25) is 0 Å². The van der Waals surface area contributed by atoms with Gasteiger partial charge in [-0.25, -0.2) is 8.78 Å². The van der Waals surface area contributed by atoms with E-state index in [1.54, 1.807) is 22.7 Å². The second kappa shape index (κ2) is 9.46. The molecule has 0 saturated heterocycles. The van der Waals surface area contributed by atoms with Crippen molar-refractivity contribution >= 4 is 12.1 Å². The molecule has 8 heteroatoms. The van der Waals surface area contributed by atoms with Gasteiger partial charge in [0.15, 0.2) is 6.61 Å². The average molecular weight is 443 g/mol. The first kappa shape index (κ1) is 23.4. The van der Waals surface area contributed by atoms with Crippen molar-refractivity contribution in [3.8, 4) is 11.1 Å². The average Bonchev–Trinajstić information content (AvgIpc) is 3.25. The summed E-state index contributed by atoms with van der Waals surface area (Å²) >= 11 is 0. The van der Waals surface area contributed by atoms with Gasteiger partial charge >= 0.3 is 0 Å². The molecular weight excluding hydrogens is 414 g/mol. The number of aliphatic imine (C=N–C) groups is 1. The van der Waals surface area contributed by atoms with Crippen LogP contribution >= 0.6 is 0 Å². The Balaban J connectivity index is 1.73. The van der Waals surface area contributed by atoms with Crippen LogP contribution in [0.5, 0.6) is 0 Å². The Labute approximate surface area is 186 Å². The highest BCUT2D eigenvalue weighted by atomic mass is 19.3. The fraction of sp³-hybridized carbons (Fsp3) is 0.375. The van der Waals surface area contributed by atoms with Crippen molar-refractivity contribution in [2.45, 2.75) is 39.7 Å². The Morgan fingerprint density at radius 1 is 1.34 bits per heavy atom. The Morgan fingerprint density at radius 3 is 2.59 bits per heavy atom. The van der Waals surface area contributed by atoms with Crippen LogP contribution in [-0.4, -0.2) is 45.9 Å². The number of aromatic nitrogens is 2. The van der Waals surface area contributed by atoms with E-state index in [2.05, 4.69) is 16.7 Å². The minimum Gasteiger partial charge on any atom is -0.487 e. The monoisotopic (exact) mass is 442 g/mol. The third-order valence-electron chi connectivity index (χ3n) is 5.32. The van der Waals surface area contributed by atoms with Gasteiger partial charge in [-0.1, -0.05) is 37.8 Å². The number of rotatable bonds is 9. The van der Waals surface area contributed by atoms with Gasteiger partial charge in [-0.2, -0.15) is 5.10 Å². The van der Waals surface area contributed by atoms with Crippen molar-refractivity contribution in [3.05, 3.63) is 65.3 Å². The molecule has 0 unspecified atom stereocenters. The Morgan fingerprint density at radius 2 is 2.03 bits per heavy atom. The summed E-state index contributed by atoms with van der Waals surface area (Å²) in [6, 6.07) is 7.91. The van der Waals surface area contributed by atoms with E-state index in [0.717, 1.165) is 22.4 Å². The number of hydrogen-bond donors (Lipinski definition) is 0. The van der Waals surface area contributed by atoms with Gasteiger partial charge in [-0.3, -0.25) is 14.5 Å². The Kier molecular flexibility index (Phi) is 6.91. The molecule has 1 aliphatic rings. The maximum Gasteiger partial charge on any atom is 0.281 e. The highest BCUT2D eigenvalue weighted by molar-refractivity contribution is 6.00. The first-order valence-electron chi connectivity index (χ1n) is 10.5. The zero-order chi connectivity index (χ0) is 23.5. The van der Waals surface area contributed by atoms with Crippen molar-refractivity contribution in [1.82, 2.24) is 14.7 Å². The molecule has 0 atom stereocenters. The molecule has 32 heavy (non-hydrogen) atoms. The Bertz CT molecular complexity index is 1070. The normalized spacial score (nSPS) is 14.7. The number of carbonyl (C=O) groups is 1. The lowest BCUT2D eigenvalue weighted by Gasteiger charge is -2.19. The van der Waals surface area contributed by atoms with Crippen LogP contribution < -0.4 is 0 Å². The lowest BCUT2D eigenvalue weighted by Crippen LogP contribution is -2.28. The van der Waals surface area contributed by atoms with Crippen molar-refractivity contribution in [2.24, 2.45) is 12.0 Å². The molecule has 1 aromatic heterocycles. The zero-order valence-corrected chi connectivity index (χ0v) is 18.9. The molecule has 0 radical (unpaired) electrons. The van der Waals surface area contributed by atoms with Gasteiger partial charge in [0, 0.05) is 38.0 Å². The highest BCUT2D eigenvalue weighted by Crippen LogP contribution is 2.30. The van der Waals surface area contributed by atoms with Gasteiger partial charge in [0.1, 0.15) is 11.3 Å². The van der Waals surface area contributed by atoms with E-state index in [1.807, 2.05) is 44.4 Å². The number of carbonyl (C=O) groups excluding carboxylic acids is 1. The molecule has 0 fully saturated rings. The molecule has 170 valence electrons. The molecule has 2 aromatic rings. The molecule has 0 N–H and O–H groups in total. The number of nitrogens with zero attached hydrogens (tertiary/aromatic N) is 4. The minimum absolute atomic E-state index is 0.0753. The first-order valence-corrected chi connectivity index (χ1v) is 10.5. The fourth-order valence-electron chi connectivity index (χ4n) is 3.54. The molecule has 1 amide bonds. The largest absolute Gasteiger partial charge is 0.487 e. The summed E-state index contributed by atoms with van der Waals surface area (Å²) in [5.41, 5.74) is 4.59. The van der Waals surface area contributed by atoms with Crippen LogP contribution in [0.3, 0.4) is 0 Å². The van der Waals surface area contributed by atoms with E-state index >= 15 is 0 Å². The minimum atomic E-state index is -2.98. The summed E-state index contributed by atoms with van der Waals surface area (Å²) < 4.78 is 34.1. The number of ether oxygens (including phenoxy) is 1. The van der Waals surface area contributed by atoms with E-state index in [0.29, 0.717) is 12.2 Å². The van der Waals surface area contributed by atoms with Gasteiger partial charge < -0.3 is 9.64 Å². The van der Waals surface area contributed by atoms with Gasteiger partial charge in [-0.05, 0) is 25.0 Å². The number of aryl methyl sites for hydroxylation is 2. The first-order chi connectivity index (χ1) is 15.1. The van der Waals surface area contributed by atoms with Crippen LogP contribution in [0.1, 0.15) is 31.5 Å². The quantitative estimate of drug-likeness (QED) is 0.419. The zero-order valence-electron chi connectivity index (χ0n) is 18.9. The maximum atomic E-state index is 13.6. The van der Waals surface area contributed by atoms with Gasteiger partial charge in [0.25, 0.3) is 11.8 Å². The molecule has 3 rings (SSSR count). The van der Waals surface area contributed by atoms with E-state index < -0.39 is 12.5 Å². The second-order valence-corrected chi connectivity index (χ2v) is 7.79. The van der Waals surface area contributed by atoms with Gasteiger partial charge in [0.05, 0.1) is 17.9 Å². The van der Waals surface area contributed by atoms with E-state index in [4.69, 9.17) is 4.74 Å². The van der Waals surface area contributed by atoms with Crippen LogP contribution in [0.25, 0.3) is 11.1 Å². The van der Waals surface area contributed by atoms with Crippen LogP contribution in [0.15, 0.2) is 59.1 Å². The van der Waals surface area contributed by atoms with Crippen molar-refractivity contribution in [3.63, 3.8) is 0 Å². The molecule has 1 aliphatic heterocycles.